The Bertz CT molecular complexity index is 1440. The van der Waals surface area contributed by atoms with E-state index in [4.69, 9.17) is 19.2 Å². The van der Waals surface area contributed by atoms with Crippen molar-refractivity contribution in [2.24, 2.45) is 0 Å². The predicted octanol–water partition coefficient (Wildman–Crippen LogP) is 4.01. The van der Waals surface area contributed by atoms with Gasteiger partial charge >= 0.3 is 0 Å². The summed E-state index contributed by atoms with van der Waals surface area (Å²) in [6.07, 6.45) is 7.09. The molecule has 0 saturated heterocycles. The van der Waals surface area contributed by atoms with Crippen molar-refractivity contribution in [1.82, 2.24) is 30.4 Å². The van der Waals surface area contributed by atoms with Crippen molar-refractivity contribution < 1.29 is 14.2 Å². The Balaban J connectivity index is 1.49. The van der Waals surface area contributed by atoms with Crippen LogP contribution in [0.2, 0.25) is 0 Å². The number of fused-ring (bicyclic) bond motifs is 1. The molecule has 10 heteroatoms. The van der Waals surface area contributed by atoms with Crippen molar-refractivity contribution in [2.75, 3.05) is 46.4 Å². The van der Waals surface area contributed by atoms with E-state index in [1.54, 1.807) is 33.6 Å². The molecule has 0 amide bonds. The van der Waals surface area contributed by atoms with E-state index >= 15 is 0 Å². The first-order chi connectivity index (χ1) is 18.6. The van der Waals surface area contributed by atoms with Crippen molar-refractivity contribution in [3.63, 3.8) is 0 Å². The number of benzene rings is 2. The van der Waals surface area contributed by atoms with Gasteiger partial charge in [-0.05, 0) is 24.6 Å². The van der Waals surface area contributed by atoms with Crippen LogP contribution in [0.1, 0.15) is 17.9 Å². The van der Waals surface area contributed by atoms with Crippen molar-refractivity contribution in [3.8, 4) is 17.4 Å². The molecule has 196 valence electrons. The van der Waals surface area contributed by atoms with Crippen LogP contribution in [0.5, 0.6) is 17.4 Å². The smallest absolute Gasteiger partial charge is 0.216 e. The molecule has 3 heterocycles. The monoisotopic (exact) mass is 513 g/mol. The summed E-state index contributed by atoms with van der Waals surface area (Å²) >= 11 is 0. The van der Waals surface area contributed by atoms with Crippen molar-refractivity contribution >= 4 is 28.0 Å². The fourth-order valence-electron chi connectivity index (χ4n) is 4.38. The fraction of sp³-hybridized carbons (Fsp3) is 0.286. The molecule has 2 aromatic heterocycles. The van der Waals surface area contributed by atoms with Gasteiger partial charge in [0.25, 0.3) is 0 Å². The molecule has 2 aromatic carbocycles. The van der Waals surface area contributed by atoms with Gasteiger partial charge in [0, 0.05) is 80.2 Å². The van der Waals surface area contributed by atoms with Crippen molar-refractivity contribution in [1.29, 1.82) is 0 Å². The van der Waals surface area contributed by atoms with E-state index in [0.29, 0.717) is 30.3 Å². The van der Waals surface area contributed by atoms with Gasteiger partial charge in [0.05, 0.1) is 44.3 Å². The second-order valence-electron chi connectivity index (χ2n) is 8.87. The van der Waals surface area contributed by atoms with E-state index in [-0.39, 0.29) is 0 Å². The number of aromatic nitrogens is 4. The van der Waals surface area contributed by atoms with Crippen molar-refractivity contribution in [2.45, 2.75) is 12.8 Å². The highest BCUT2D eigenvalue weighted by molar-refractivity contribution is 5.82. The summed E-state index contributed by atoms with van der Waals surface area (Å²) < 4.78 is 16.4. The average molecular weight is 514 g/mol. The van der Waals surface area contributed by atoms with Crippen LogP contribution in [0.4, 0.5) is 11.4 Å². The lowest BCUT2D eigenvalue weighted by Crippen LogP contribution is -2.23. The van der Waals surface area contributed by atoms with Crippen LogP contribution in [0.15, 0.2) is 61.1 Å². The molecule has 0 bridgehead atoms. The molecule has 5 rings (SSSR count). The first kappa shape index (κ1) is 25.2. The van der Waals surface area contributed by atoms with E-state index in [2.05, 4.69) is 37.4 Å². The lowest BCUT2D eigenvalue weighted by atomic mass is 10.1. The molecule has 1 aliphatic heterocycles. The lowest BCUT2D eigenvalue weighted by molar-refractivity contribution is 0.374. The number of nitrogens with one attached hydrogen (secondary N) is 1. The van der Waals surface area contributed by atoms with Gasteiger partial charge in [0.15, 0.2) is 0 Å². The van der Waals surface area contributed by atoms with Gasteiger partial charge in [0.2, 0.25) is 5.88 Å². The minimum Gasteiger partial charge on any atom is -0.497 e. The molecule has 10 nitrogen and oxygen atoms in total. The van der Waals surface area contributed by atoms with Gasteiger partial charge in [-0.15, -0.1) is 0 Å². The zero-order valence-corrected chi connectivity index (χ0v) is 22.0. The second-order valence-corrected chi connectivity index (χ2v) is 8.87. The molecular formula is C28H31N7O3. The summed E-state index contributed by atoms with van der Waals surface area (Å²) in [6, 6.07) is 13.8. The lowest BCUT2D eigenvalue weighted by Gasteiger charge is -2.26. The molecule has 4 aromatic rings. The summed E-state index contributed by atoms with van der Waals surface area (Å²) in [6.45, 7) is 1.42. The number of nitrogens with zero attached hydrogens (tertiary/aromatic N) is 6. The molecule has 38 heavy (non-hydrogen) atoms. The zero-order chi connectivity index (χ0) is 26.5. The van der Waals surface area contributed by atoms with E-state index in [0.717, 1.165) is 52.5 Å². The number of aryl methyl sites for hydroxylation is 1. The van der Waals surface area contributed by atoms with E-state index in [1.165, 1.54) is 0 Å². The number of anilines is 2. The number of rotatable bonds is 10. The maximum Gasteiger partial charge on any atom is 0.216 e. The highest BCUT2D eigenvalue weighted by atomic mass is 16.5. The van der Waals surface area contributed by atoms with Gasteiger partial charge in [0.1, 0.15) is 17.3 Å². The van der Waals surface area contributed by atoms with Crippen LogP contribution in [0.25, 0.3) is 16.6 Å². The summed E-state index contributed by atoms with van der Waals surface area (Å²) in [5.74, 6) is 2.73. The van der Waals surface area contributed by atoms with Crippen LogP contribution < -0.4 is 24.5 Å². The third-order valence-corrected chi connectivity index (χ3v) is 6.35. The van der Waals surface area contributed by atoms with Gasteiger partial charge in [-0.1, -0.05) is 0 Å². The van der Waals surface area contributed by atoms with Gasteiger partial charge in [-0.25, -0.2) is 15.4 Å². The molecule has 0 saturated carbocycles. The number of methoxy groups -OCH3 is 3. The Morgan fingerprint density at radius 1 is 0.895 bits per heavy atom. The Morgan fingerprint density at radius 3 is 2.42 bits per heavy atom. The first-order valence-corrected chi connectivity index (χ1v) is 12.4. The maximum absolute atomic E-state index is 5.56. The average Bonchev–Trinajstić information content (AvgIpc) is 3.40. The molecule has 0 fully saturated rings. The standard InChI is InChI=1S/C28H31N7O3/c1-34-18-19(16-31-34)26-17-30-24-8-7-20(14-25(24)32-26)35(21-12-22(36-2)15-23(13-21)37-3)11-5-6-27-29-10-9-28(33-27)38-4/h7-10,12-15,17-18,31H,5-6,11,16H2,1-4H3. The molecule has 0 unspecified atom stereocenters. The Hall–Kier alpha value is -4.44. The summed E-state index contributed by atoms with van der Waals surface area (Å²) in [5.41, 5.74) is 8.81. The quantitative estimate of drug-likeness (QED) is 0.335. The minimum absolute atomic E-state index is 0.562. The molecule has 0 radical (unpaired) electrons. The van der Waals surface area contributed by atoms with Gasteiger partial charge in [-0.2, -0.15) is 4.98 Å². The van der Waals surface area contributed by atoms with E-state index in [9.17, 15) is 0 Å². The van der Waals surface area contributed by atoms with E-state index in [1.807, 2.05) is 48.7 Å². The summed E-state index contributed by atoms with van der Waals surface area (Å²) in [5, 5.41) is 1.93. The van der Waals surface area contributed by atoms with E-state index < -0.39 is 0 Å². The highest BCUT2D eigenvalue weighted by Crippen LogP contribution is 2.34. The Kier molecular flexibility index (Phi) is 7.50. The largest absolute Gasteiger partial charge is 0.497 e. The highest BCUT2D eigenvalue weighted by Gasteiger charge is 2.16. The number of hydrogen-bond acceptors (Lipinski definition) is 10. The molecule has 1 N–H and O–H groups in total. The maximum atomic E-state index is 5.56. The first-order valence-electron chi connectivity index (χ1n) is 12.4. The van der Waals surface area contributed by atoms with Crippen LogP contribution in [-0.2, 0) is 6.42 Å². The minimum atomic E-state index is 0.562. The molecule has 0 atom stereocenters. The van der Waals surface area contributed by atoms with Crippen molar-refractivity contribution in [3.05, 3.63) is 72.6 Å². The van der Waals surface area contributed by atoms with Crippen LogP contribution in [-0.4, -0.2) is 66.4 Å². The third-order valence-electron chi connectivity index (χ3n) is 6.35. The third kappa shape index (κ3) is 5.60. The SMILES string of the molecule is COc1cc(OC)cc(N(CCCc2nccc(OC)n2)c2ccc3ncc(C4=CN(C)NC4)nc3c2)c1. The van der Waals surface area contributed by atoms with Gasteiger partial charge < -0.3 is 24.1 Å². The topological polar surface area (TPSA) is 97.8 Å². The summed E-state index contributed by atoms with van der Waals surface area (Å²) in [7, 11) is 6.88. The summed E-state index contributed by atoms with van der Waals surface area (Å²) in [4.78, 5) is 20.7. The van der Waals surface area contributed by atoms with Crippen LogP contribution in [0.3, 0.4) is 0 Å². The number of hydrazine groups is 1. The number of ether oxygens (including phenoxy) is 3. The fourth-order valence-corrected chi connectivity index (χ4v) is 4.38. The Morgan fingerprint density at radius 2 is 1.71 bits per heavy atom. The normalized spacial score (nSPS) is 12.9. The predicted molar refractivity (Wildman–Crippen MR) is 147 cm³/mol. The number of hydrogen-bond donors (Lipinski definition) is 1. The molecular weight excluding hydrogens is 482 g/mol. The molecule has 0 spiro atoms. The Labute approximate surface area is 221 Å². The molecule has 0 aliphatic carbocycles. The van der Waals surface area contributed by atoms with Gasteiger partial charge in [-0.3, -0.25) is 4.98 Å². The molecule has 1 aliphatic rings. The van der Waals surface area contributed by atoms with Crippen LogP contribution >= 0.6 is 0 Å². The van der Waals surface area contributed by atoms with Crippen LogP contribution in [0, 0.1) is 0 Å². The zero-order valence-electron chi connectivity index (χ0n) is 22.0. The second kappa shape index (κ2) is 11.3.